The van der Waals surface area contributed by atoms with E-state index in [-0.39, 0.29) is 5.75 Å². The maximum atomic E-state index is 13.0. The number of halogens is 4. The largest absolute Gasteiger partial charge is 0.431 e. The van der Waals surface area contributed by atoms with Gasteiger partial charge in [0, 0.05) is 0 Å². The molecule has 1 aromatic carbocycles. The standard InChI is InChI=1S/C11H10F4O2/c1-2-8-3-5-9(6-4-8)17-11(14,15)7-16-10(12)13/h2-6,10H,1,7H2. The lowest BCUT2D eigenvalue weighted by atomic mass is 10.2. The summed E-state index contributed by atoms with van der Waals surface area (Å²) in [6.07, 6.45) is -2.27. The first kappa shape index (κ1) is 13.5. The number of benzene rings is 1. The highest BCUT2D eigenvalue weighted by molar-refractivity contribution is 5.48. The number of ether oxygens (including phenoxy) is 2. The molecule has 0 amide bonds. The maximum absolute atomic E-state index is 13.0. The van der Waals surface area contributed by atoms with Gasteiger partial charge >= 0.3 is 12.7 Å². The van der Waals surface area contributed by atoms with E-state index >= 15 is 0 Å². The molecule has 0 radical (unpaired) electrons. The molecule has 0 bridgehead atoms. The smallest absolute Gasteiger partial charge is 0.422 e. The Kier molecular flexibility index (Phi) is 4.51. The summed E-state index contributed by atoms with van der Waals surface area (Å²) < 4.78 is 56.8. The zero-order valence-corrected chi connectivity index (χ0v) is 8.71. The minimum atomic E-state index is -3.80. The highest BCUT2D eigenvalue weighted by Crippen LogP contribution is 2.23. The van der Waals surface area contributed by atoms with Crippen molar-refractivity contribution in [2.45, 2.75) is 12.7 Å². The van der Waals surface area contributed by atoms with E-state index in [9.17, 15) is 17.6 Å². The second-order valence-electron chi connectivity index (χ2n) is 3.08. The predicted molar refractivity (Wildman–Crippen MR) is 54.1 cm³/mol. The Labute approximate surface area is 95.5 Å². The van der Waals surface area contributed by atoms with Gasteiger partial charge in [-0.2, -0.15) is 17.6 Å². The lowest BCUT2D eigenvalue weighted by molar-refractivity contribution is -0.251. The third-order valence-corrected chi connectivity index (χ3v) is 1.76. The van der Waals surface area contributed by atoms with Crippen molar-refractivity contribution < 1.29 is 27.0 Å². The van der Waals surface area contributed by atoms with Gasteiger partial charge in [-0.3, -0.25) is 0 Å². The van der Waals surface area contributed by atoms with E-state index in [0.717, 1.165) is 5.56 Å². The molecule has 94 valence electrons. The first-order chi connectivity index (χ1) is 7.93. The van der Waals surface area contributed by atoms with Crippen molar-refractivity contribution in [3.8, 4) is 5.75 Å². The first-order valence-electron chi connectivity index (χ1n) is 4.62. The van der Waals surface area contributed by atoms with Crippen molar-refractivity contribution in [1.82, 2.24) is 0 Å². The van der Waals surface area contributed by atoms with Crippen molar-refractivity contribution in [1.29, 1.82) is 0 Å². The molecule has 1 aromatic rings. The number of rotatable bonds is 6. The molecular formula is C11H10F4O2. The fourth-order valence-electron chi connectivity index (χ4n) is 1.03. The summed E-state index contributed by atoms with van der Waals surface area (Å²) in [6, 6.07) is 5.58. The predicted octanol–water partition coefficient (Wildman–Crippen LogP) is 3.54. The van der Waals surface area contributed by atoms with E-state index in [4.69, 9.17) is 0 Å². The minimum absolute atomic E-state index is 0.140. The highest BCUT2D eigenvalue weighted by atomic mass is 19.3. The van der Waals surface area contributed by atoms with Crippen LogP contribution in [0.25, 0.3) is 6.08 Å². The van der Waals surface area contributed by atoms with Gasteiger partial charge in [-0.05, 0) is 17.7 Å². The molecule has 6 heteroatoms. The van der Waals surface area contributed by atoms with Crippen molar-refractivity contribution in [3.05, 3.63) is 36.4 Å². The SMILES string of the molecule is C=Cc1ccc(OC(F)(F)COC(F)F)cc1. The summed E-state index contributed by atoms with van der Waals surface area (Å²) >= 11 is 0. The summed E-state index contributed by atoms with van der Waals surface area (Å²) in [5.41, 5.74) is 0.726. The van der Waals surface area contributed by atoms with Crippen LogP contribution in [-0.4, -0.2) is 19.3 Å². The Balaban J connectivity index is 2.58. The Hall–Kier alpha value is -1.56. The van der Waals surface area contributed by atoms with Crippen LogP contribution >= 0.6 is 0 Å². The minimum Gasteiger partial charge on any atom is -0.431 e. The lowest BCUT2D eigenvalue weighted by Crippen LogP contribution is -2.31. The summed E-state index contributed by atoms with van der Waals surface area (Å²) in [5, 5.41) is 0. The summed E-state index contributed by atoms with van der Waals surface area (Å²) in [7, 11) is 0. The van der Waals surface area contributed by atoms with E-state index in [1.165, 1.54) is 30.3 Å². The summed E-state index contributed by atoms with van der Waals surface area (Å²) in [6.45, 7) is -1.27. The second-order valence-corrected chi connectivity index (χ2v) is 3.08. The van der Waals surface area contributed by atoms with Crippen molar-refractivity contribution in [2.24, 2.45) is 0 Å². The van der Waals surface area contributed by atoms with Crippen LogP contribution in [0.4, 0.5) is 17.6 Å². The molecule has 0 saturated heterocycles. The number of hydrogen-bond donors (Lipinski definition) is 0. The zero-order valence-electron chi connectivity index (χ0n) is 8.71. The Bertz CT molecular complexity index is 362. The third kappa shape index (κ3) is 4.86. The van der Waals surface area contributed by atoms with E-state index in [0.29, 0.717) is 0 Å². The van der Waals surface area contributed by atoms with Gasteiger partial charge in [0.2, 0.25) is 0 Å². The second kappa shape index (κ2) is 5.67. The van der Waals surface area contributed by atoms with Gasteiger partial charge < -0.3 is 9.47 Å². The van der Waals surface area contributed by atoms with Crippen LogP contribution in [0.3, 0.4) is 0 Å². The highest BCUT2D eigenvalue weighted by Gasteiger charge is 2.33. The van der Waals surface area contributed by atoms with Crippen LogP contribution in [0.5, 0.6) is 5.75 Å². The summed E-state index contributed by atoms with van der Waals surface area (Å²) in [5.74, 6) is -0.140. The normalized spacial score (nSPS) is 11.6. The lowest BCUT2D eigenvalue weighted by Gasteiger charge is -2.17. The monoisotopic (exact) mass is 250 g/mol. The van der Waals surface area contributed by atoms with E-state index in [2.05, 4.69) is 16.1 Å². The van der Waals surface area contributed by atoms with Gasteiger partial charge in [-0.15, -0.1) is 0 Å². The fourth-order valence-corrected chi connectivity index (χ4v) is 1.03. The molecule has 0 unspecified atom stereocenters. The van der Waals surface area contributed by atoms with Crippen LogP contribution in [-0.2, 0) is 4.74 Å². The number of alkyl halides is 4. The zero-order chi connectivity index (χ0) is 12.9. The molecule has 0 aliphatic rings. The van der Waals surface area contributed by atoms with Crippen LogP contribution in [0.2, 0.25) is 0 Å². The van der Waals surface area contributed by atoms with Crippen molar-refractivity contribution in [3.63, 3.8) is 0 Å². The van der Waals surface area contributed by atoms with Gasteiger partial charge in [-0.1, -0.05) is 24.8 Å². The molecule has 0 fully saturated rings. The molecule has 0 aliphatic heterocycles. The Morgan fingerprint density at radius 1 is 1.24 bits per heavy atom. The van der Waals surface area contributed by atoms with Gasteiger partial charge in [0.1, 0.15) is 5.75 Å². The molecule has 0 saturated carbocycles. The van der Waals surface area contributed by atoms with Crippen LogP contribution < -0.4 is 4.74 Å². The average Bonchev–Trinajstić information content (AvgIpc) is 2.27. The molecular weight excluding hydrogens is 240 g/mol. The molecule has 0 heterocycles. The van der Waals surface area contributed by atoms with E-state index in [1.807, 2.05) is 0 Å². The van der Waals surface area contributed by atoms with Crippen molar-refractivity contribution in [2.75, 3.05) is 6.61 Å². The molecule has 0 N–H and O–H groups in total. The van der Waals surface area contributed by atoms with Crippen LogP contribution in [0.15, 0.2) is 30.8 Å². The topological polar surface area (TPSA) is 18.5 Å². The average molecular weight is 250 g/mol. The van der Waals surface area contributed by atoms with Gasteiger partial charge in [0.25, 0.3) is 0 Å². The molecule has 0 aliphatic carbocycles. The molecule has 2 nitrogen and oxygen atoms in total. The maximum Gasteiger partial charge on any atom is 0.422 e. The Morgan fingerprint density at radius 2 is 1.82 bits per heavy atom. The van der Waals surface area contributed by atoms with E-state index in [1.54, 1.807) is 0 Å². The van der Waals surface area contributed by atoms with Crippen molar-refractivity contribution >= 4 is 6.08 Å². The van der Waals surface area contributed by atoms with Gasteiger partial charge in [-0.25, -0.2) is 0 Å². The number of hydrogen-bond acceptors (Lipinski definition) is 2. The fraction of sp³-hybridized carbons (Fsp3) is 0.273. The molecule has 0 atom stereocenters. The molecule has 17 heavy (non-hydrogen) atoms. The molecule has 0 aromatic heterocycles. The summed E-state index contributed by atoms with van der Waals surface area (Å²) in [4.78, 5) is 0. The molecule has 0 spiro atoms. The molecule has 1 rings (SSSR count). The third-order valence-electron chi connectivity index (χ3n) is 1.76. The van der Waals surface area contributed by atoms with E-state index < -0.39 is 19.3 Å². The van der Waals surface area contributed by atoms with Crippen LogP contribution in [0, 0.1) is 0 Å². The Morgan fingerprint density at radius 3 is 2.29 bits per heavy atom. The first-order valence-corrected chi connectivity index (χ1v) is 4.62. The van der Waals surface area contributed by atoms with Crippen LogP contribution in [0.1, 0.15) is 5.56 Å². The van der Waals surface area contributed by atoms with Gasteiger partial charge in [0.05, 0.1) is 0 Å². The van der Waals surface area contributed by atoms with Gasteiger partial charge in [0.15, 0.2) is 6.61 Å². The quantitative estimate of drug-likeness (QED) is 0.719.